The summed E-state index contributed by atoms with van der Waals surface area (Å²) in [6.07, 6.45) is 0. The van der Waals surface area contributed by atoms with Crippen LogP contribution in [0.15, 0.2) is 30.3 Å². The first-order valence-electron chi connectivity index (χ1n) is 9.10. The van der Waals surface area contributed by atoms with Crippen LogP contribution in [-0.4, -0.2) is 40.9 Å². The second kappa shape index (κ2) is 8.35. The van der Waals surface area contributed by atoms with Crippen LogP contribution in [0.5, 0.6) is 0 Å². The van der Waals surface area contributed by atoms with E-state index in [9.17, 15) is 9.59 Å². The van der Waals surface area contributed by atoms with Crippen molar-refractivity contribution in [2.75, 3.05) is 13.6 Å². The fourth-order valence-corrected chi connectivity index (χ4v) is 2.93. The second-order valence-electron chi connectivity index (χ2n) is 7.96. The van der Waals surface area contributed by atoms with Gasteiger partial charge in [0.15, 0.2) is 6.54 Å². The van der Waals surface area contributed by atoms with Crippen LogP contribution in [0.1, 0.15) is 37.7 Å². The van der Waals surface area contributed by atoms with E-state index < -0.39 is 6.03 Å². The molecule has 0 fully saturated rings. The van der Waals surface area contributed by atoms with Gasteiger partial charge in [-0.3, -0.25) is 10.1 Å². The first-order chi connectivity index (χ1) is 12.6. The Kier molecular flexibility index (Phi) is 6.38. The Morgan fingerprint density at radius 2 is 1.78 bits per heavy atom. The van der Waals surface area contributed by atoms with Gasteiger partial charge in [-0.15, -0.1) is 0 Å². The quantitative estimate of drug-likeness (QED) is 0.736. The molecule has 0 bridgehead atoms. The van der Waals surface area contributed by atoms with Crippen molar-refractivity contribution in [3.8, 4) is 5.69 Å². The van der Waals surface area contributed by atoms with Gasteiger partial charge in [0.1, 0.15) is 6.54 Å². The number of likely N-dealkylation sites (N-methyl/N-ethyl adjacent to an activating group) is 1. The molecule has 2 aromatic rings. The average Bonchev–Trinajstić information content (AvgIpc) is 2.81. The van der Waals surface area contributed by atoms with Gasteiger partial charge >= 0.3 is 6.03 Å². The number of amides is 3. The lowest BCUT2D eigenvalue weighted by atomic mass is 10.1. The topological polar surface area (TPSA) is 80.5 Å². The highest BCUT2D eigenvalue weighted by molar-refractivity contribution is 5.94. The van der Waals surface area contributed by atoms with Crippen molar-refractivity contribution < 1.29 is 14.5 Å². The Balaban J connectivity index is 2.00. The fourth-order valence-electron chi connectivity index (χ4n) is 2.93. The lowest BCUT2D eigenvalue weighted by Crippen LogP contribution is -3.09. The minimum absolute atomic E-state index is 0.201. The van der Waals surface area contributed by atoms with Gasteiger partial charge in [-0.25, -0.2) is 9.48 Å². The number of hydrogen-bond donors (Lipinski definition) is 3. The Labute approximate surface area is 160 Å². The van der Waals surface area contributed by atoms with Crippen LogP contribution < -0.4 is 15.5 Å². The Morgan fingerprint density at radius 1 is 1.15 bits per heavy atom. The standard InChI is InChI=1S/C20H29N5O2/c1-14-17(15(2)25(23-14)16-10-8-7-9-11-16)12-24(6)13-18(26)21-19(27)22-20(3,4)5/h7-11H,12-13H2,1-6H3,(H2,21,22,26,27)/p+1. The average molecular weight is 372 g/mol. The van der Waals surface area contributed by atoms with E-state index in [-0.39, 0.29) is 18.0 Å². The second-order valence-corrected chi connectivity index (χ2v) is 7.96. The molecular weight excluding hydrogens is 342 g/mol. The number of aryl methyl sites for hydroxylation is 1. The summed E-state index contributed by atoms with van der Waals surface area (Å²) in [6, 6.07) is 9.50. The monoisotopic (exact) mass is 372 g/mol. The first kappa shape index (κ1) is 20.6. The molecule has 7 heteroatoms. The summed E-state index contributed by atoms with van der Waals surface area (Å²) in [7, 11) is 1.93. The van der Waals surface area contributed by atoms with Gasteiger partial charge in [-0.2, -0.15) is 5.10 Å². The zero-order chi connectivity index (χ0) is 20.2. The molecule has 0 aliphatic carbocycles. The van der Waals surface area contributed by atoms with Crippen molar-refractivity contribution in [3.05, 3.63) is 47.3 Å². The third-order valence-electron chi connectivity index (χ3n) is 4.12. The lowest BCUT2D eigenvalue weighted by Gasteiger charge is -2.20. The summed E-state index contributed by atoms with van der Waals surface area (Å²) in [5.41, 5.74) is 3.75. The molecule has 1 atom stereocenters. The third-order valence-corrected chi connectivity index (χ3v) is 4.12. The van der Waals surface area contributed by atoms with Crippen molar-refractivity contribution in [3.63, 3.8) is 0 Å². The number of rotatable bonds is 5. The van der Waals surface area contributed by atoms with E-state index >= 15 is 0 Å². The van der Waals surface area contributed by atoms with E-state index in [1.165, 1.54) is 0 Å². The van der Waals surface area contributed by atoms with Crippen molar-refractivity contribution in [1.82, 2.24) is 20.4 Å². The summed E-state index contributed by atoms with van der Waals surface area (Å²) < 4.78 is 1.93. The van der Waals surface area contributed by atoms with Crippen LogP contribution in [0.2, 0.25) is 0 Å². The maximum atomic E-state index is 12.1. The van der Waals surface area contributed by atoms with Crippen LogP contribution in [0.3, 0.4) is 0 Å². The van der Waals surface area contributed by atoms with E-state index in [0.29, 0.717) is 6.54 Å². The molecule has 0 saturated heterocycles. The SMILES string of the molecule is Cc1nn(-c2ccccc2)c(C)c1C[NH+](C)CC(=O)NC(=O)NC(C)(C)C. The summed E-state index contributed by atoms with van der Waals surface area (Å²) in [5, 5.41) is 9.74. The molecule has 2 rings (SSSR count). The van der Waals surface area contributed by atoms with Gasteiger partial charge in [0, 0.05) is 5.54 Å². The Bertz CT molecular complexity index is 806. The maximum absolute atomic E-state index is 12.1. The number of nitrogens with zero attached hydrogens (tertiary/aromatic N) is 2. The van der Waals surface area contributed by atoms with E-state index in [0.717, 1.165) is 27.5 Å². The molecule has 3 amide bonds. The van der Waals surface area contributed by atoms with Crippen LogP contribution in [0.4, 0.5) is 4.79 Å². The molecule has 0 spiro atoms. The normalized spacial score (nSPS) is 12.5. The molecule has 0 aliphatic rings. The van der Waals surface area contributed by atoms with E-state index in [2.05, 4.69) is 15.7 Å². The molecule has 1 unspecified atom stereocenters. The van der Waals surface area contributed by atoms with Crippen LogP contribution in [0.25, 0.3) is 5.69 Å². The van der Waals surface area contributed by atoms with Crippen molar-refractivity contribution >= 4 is 11.9 Å². The molecule has 0 aliphatic heterocycles. The van der Waals surface area contributed by atoms with Crippen molar-refractivity contribution in [1.29, 1.82) is 0 Å². The lowest BCUT2D eigenvalue weighted by molar-refractivity contribution is -0.885. The van der Waals surface area contributed by atoms with Crippen LogP contribution in [0, 0.1) is 13.8 Å². The summed E-state index contributed by atoms with van der Waals surface area (Å²) in [5.74, 6) is -0.306. The minimum Gasteiger partial charge on any atom is -0.333 e. The highest BCUT2D eigenvalue weighted by Crippen LogP contribution is 2.16. The smallest absolute Gasteiger partial charge is 0.322 e. The predicted molar refractivity (Wildman–Crippen MR) is 105 cm³/mol. The Morgan fingerprint density at radius 3 is 2.37 bits per heavy atom. The molecule has 1 heterocycles. The van der Waals surface area contributed by atoms with Crippen LogP contribution in [-0.2, 0) is 11.3 Å². The molecular formula is C20H30N5O2+. The number of urea groups is 1. The van der Waals surface area contributed by atoms with Gasteiger partial charge < -0.3 is 10.2 Å². The number of quaternary nitrogens is 1. The highest BCUT2D eigenvalue weighted by Gasteiger charge is 2.20. The largest absolute Gasteiger partial charge is 0.333 e. The number of para-hydroxylation sites is 1. The molecule has 0 saturated carbocycles. The number of hydrogen-bond acceptors (Lipinski definition) is 3. The summed E-state index contributed by atoms with van der Waals surface area (Å²) in [4.78, 5) is 24.9. The number of benzene rings is 1. The number of carbonyl (C=O) groups is 2. The van der Waals surface area contributed by atoms with Gasteiger partial charge in [0.05, 0.1) is 29.7 Å². The van der Waals surface area contributed by atoms with Crippen LogP contribution >= 0.6 is 0 Å². The molecule has 7 nitrogen and oxygen atoms in total. The molecule has 146 valence electrons. The summed E-state index contributed by atoms with van der Waals surface area (Å²) >= 11 is 0. The minimum atomic E-state index is -0.468. The number of imide groups is 1. The molecule has 27 heavy (non-hydrogen) atoms. The fraction of sp³-hybridized carbons (Fsp3) is 0.450. The zero-order valence-electron chi connectivity index (χ0n) is 17.0. The molecule has 3 N–H and O–H groups in total. The number of aromatic nitrogens is 2. The van der Waals surface area contributed by atoms with Gasteiger partial charge in [0.2, 0.25) is 0 Å². The van der Waals surface area contributed by atoms with Crippen molar-refractivity contribution in [2.24, 2.45) is 0 Å². The van der Waals surface area contributed by atoms with E-state index in [1.807, 2.05) is 76.7 Å². The first-order valence-corrected chi connectivity index (χ1v) is 9.10. The van der Waals surface area contributed by atoms with E-state index in [1.54, 1.807) is 0 Å². The number of carbonyl (C=O) groups excluding carboxylic acids is 2. The Hall–Kier alpha value is -2.67. The van der Waals surface area contributed by atoms with Gasteiger partial charge in [-0.05, 0) is 46.8 Å². The maximum Gasteiger partial charge on any atom is 0.322 e. The predicted octanol–water partition coefficient (Wildman–Crippen LogP) is 1.13. The van der Waals surface area contributed by atoms with Gasteiger partial charge in [0.25, 0.3) is 5.91 Å². The number of nitrogens with one attached hydrogen (secondary N) is 3. The van der Waals surface area contributed by atoms with Gasteiger partial charge in [-0.1, -0.05) is 18.2 Å². The third kappa shape index (κ3) is 5.92. The molecule has 1 aromatic carbocycles. The summed E-state index contributed by atoms with van der Waals surface area (Å²) in [6.45, 7) is 10.5. The zero-order valence-corrected chi connectivity index (χ0v) is 17.0. The molecule has 1 aromatic heterocycles. The van der Waals surface area contributed by atoms with E-state index in [4.69, 9.17) is 0 Å². The van der Waals surface area contributed by atoms with Crippen molar-refractivity contribution in [2.45, 2.75) is 46.7 Å². The highest BCUT2D eigenvalue weighted by atomic mass is 16.2. The molecule has 0 radical (unpaired) electrons.